The smallest absolute Gasteiger partial charge is 0.266 e. The second kappa shape index (κ2) is 3.61. The zero-order chi connectivity index (χ0) is 10.0. The molecule has 1 heterocycles. The number of rotatable bonds is 2. The van der Waals surface area contributed by atoms with E-state index in [0.717, 1.165) is 0 Å². The Morgan fingerprint density at radius 3 is 2.62 bits per heavy atom. The molecule has 0 aromatic carbocycles. The van der Waals surface area contributed by atoms with E-state index in [1.165, 1.54) is 0 Å². The van der Waals surface area contributed by atoms with Gasteiger partial charge in [-0.3, -0.25) is 4.79 Å². The number of pyridine rings is 1. The Morgan fingerprint density at radius 2 is 2.15 bits per heavy atom. The topological polar surface area (TPSA) is 53.1 Å². The second-order valence-electron chi connectivity index (χ2n) is 2.34. The summed E-state index contributed by atoms with van der Waals surface area (Å²) in [6, 6.07) is 0.471. The van der Waals surface area contributed by atoms with Gasteiger partial charge in [-0.15, -0.1) is 0 Å². The maximum Gasteiger partial charge on any atom is 0.266 e. The maximum absolute atomic E-state index is 12.9. The first-order valence-electron chi connectivity index (χ1n) is 3.37. The lowest BCUT2D eigenvalue weighted by Gasteiger charge is -2.04. The normalized spacial score (nSPS) is 10.8. The first-order chi connectivity index (χ1) is 6.06. The molecule has 0 aliphatic carbocycles. The first-order valence-corrected chi connectivity index (χ1v) is 3.37. The molecular formula is C7H6F3NO2. The maximum atomic E-state index is 12.9. The number of aliphatic hydroxyl groups excluding tert-OH is 1. The molecule has 1 aromatic heterocycles. The summed E-state index contributed by atoms with van der Waals surface area (Å²) in [6.45, 7) is -0.818. The van der Waals surface area contributed by atoms with Crippen LogP contribution in [0.1, 0.15) is 17.7 Å². The molecule has 0 unspecified atom stereocenters. The molecule has 2 N–H and O–H groups in total. The van der Waals surface area contributed by atoms with Gasteiger partial charge >= 0.3 is 0 Å². The molecule has 72 valence electrons. The van der Waals surface area contributed by atoms with Crippen LogP contribution in [0.4, 0.5) is 13.2 Å². The predicted molar refractivity (Wildman–Crippen MR) is 37.9 cm³/mol. The highest BCUT2D eigenvalue weighted by Gasteiger charge is 2.17. The minimum Gasteiger partial charge on any atom is -0.390 e. The van der Waals surface area contributed by atoms with E-state index in [-0.39, 0.29) is 0 Å². The molecule has 6 heteroatoms. The van der Waals surface area contributed by atoms with Gasteiger partial charge in [0.1, 0.15) is 0 Å². The fourth-order valence-electron chi connectivity index (χ4n) is 0.886. The van der Waals surface area contributed by atoms with Crippen molar-refractivity contribution in [1.29, 1.82) is 0 Å². The summed E-state index contributed by atoms with van der Waals surface area (Å²) in [6.07, 6.45) is -3.06. The molecule has 0 aliphatic heterocycles. The van der Waals surface area contributed by atoms with Crippen molar-refractivity contribution in [3.05, 3.63) is 33.5 Å². The van der Waals surface area contributed by atoms with E-state index >= 15 is 0 Å². The number of aromatic nitrogens is 1. The predicted octanol–water partition coefficient (Wildman–Crippen LogP) is 0.944. The van der Waals surface area contributed by atoms with Crippen LogP contribution in [-0.2, 0) is 6.61 Å². The van der Waals surface area contributed by atoms with Crippen molar-refractivity contribution in [1.82, 2.24) is 4.98 Å². The Morgan fingerprint density at radius 1 is 1.54 bits per heavy atom. The average Bonchev–Trinajstić information content (AvgIpc) is 2.08. The largest absolute Gasteiger partial charge is 0.390 e. The van der Waals surface area contributed by atoms with Gasteiger partial charge in [0.15, 0.2) is 5.82 Å². The Balaban J connectivity index is 3.36. The average molecular weight is 193 g/mol. The number of H-pyrrole nitrogens is 1. The minimum atomic E-state index is -3.06. The van der Waals surface area contributed by atoms with Gasteiger partial charge in [-0.1, -0.05) is 0 Å². The number of aliphatic hydroxyl groups is 1. The molecule has 0 fully saturated rings. The van der Waals surface area contributed by atoms with E-state index in [1.54, 1.807) is 0 Å². The fourth-order valence-corrected chi connectivity index (χ4v) is 0.886. The van der Waals surface area contributed by atoms with Crippen LogP contribution < -0.4 is 5.56 Å². The summed E-state index contributed by atoms with van der Waals surface area (Å²) in [5.41, 5.74) is -2.38. The highest BCUT2D eigenvalue weighted by molar-refractivity contribution is 5.20. The molecule has 1 aromatic rings. The Labute approximate surface area is 70.8 Å². The third-order valence-corrected chi connectivity index (χ3v) is 1.47. The summed E-state index contributed by atoms with van der Waals surface area (Å²) in [7, 11) is 0. The van der Waals surface area contributed by atoms with Crippen molar-refractivity contribution in [3.8, 4) is 0 Å². The van der Waals surface area contributed by atoms with Crippen molar-refractivity contribution in [2.75, 3.05) is 0 Å². The molecule has 3 nitrogen and oxygen atoms in total. The quantitative estimate of drug-likeness (QED) is 0.734. The van der Waals surface area contributed by atoms with Crippen molar-refractivity contribution >= 4 is 0 Å². The van der Waals surface area contributed by atoms with E-state index in [1.807, 2.05) is 4.98 Å². The molecular weight excluding hydrogens is 187 g/mol. The van der Waals surface area contributed by atoms with Crippen LogP contribution in [0.3, 0.4) is 0 Å². The lowest BCUT2D eigenvalue weighted by molar-refractivity contribution is 0.145. The molecule has 0 atom stereocenters. The standard InChI is InChI=1S/C7H6F3NO2/c8-6-3(7(9)10)1-5(13)11-4(6)2-12/h1,7,12H,2H2,(H,11,13). The molecule has 1 rings (SSSR count). The van der Waals surface area contributed by atoms with Gasteiger partial charge in [-0.05, 0) is 0 Å². The van der Waals surface area contributed by atoms with Gasteiger partial charge in [0, 0.05) is 6.07 Å². The van der Waals surface area contributed by atoms with E-state index < -0.39 is 35.7 Å². The van der Waals surface area contributed by atoms with E-state index in [9.17, 15) is 18.0 Å². The number of aromatic amines is 1. The summed E-state index contributed by atoms with van der Waals surface area (Å²) < 4.78 is 37.0. The van der Waals surface area contributed by atoms with Crippen molar-refractivity contribution in [2.24, 2.45) is 0 Å². The monoisotopic (exact) mass is 193 g/mol. The number of halogens is 3. The van der Waals surface area contributed by atoms with Crippen LogP contribution in [0.25, 0.3) is 0 Å². The molecule has 0 spiro atoms. The molecule has 0 saturated heterocycles. The third kappa shape index (κ3) is 1.89. The number of nitrogens with one attached hydrogen (secondary N) is 1. The number of hydrogen-bond acceptors (Lipinski definition) is 2. The van der Waals surface area contributed by atoms with Crippen LogP contribution in [-0.4, -0.2) is 10.1 Å². The second-order valence-corrected chi connectivity index (χ2v) is 2.34. The SMILES string of the molecule is O=c1cc(C(F)F)c(F)c(CO)[nH]1. The summed E-state index contributed by atoms with van der Waals surface area (Å²) in [4.78, 5) is 12.6. The highest BCUT2D eigenvalue weighted by atomic mass is 19.3. The van der Waals surface area contributed by atoms with Crippen LogP contribution in [0.15, 0.2) is 10.9 Å². The van der Waals surface area contributed by atoms with E-state index in [0.29, 0.717) is 6.07 Å². The Kier molecular flexibility index (Phi) is 2.72. The van der Waals surface area contributed by atoms with Crippen LogP contribution in [0, 0.1) is 5.82 Å². The Bertz CT molecular complexity index is 361. The Hall–Kier alpha value is -1.30. The molecule has 0 aliphatic rings. The minimum absolute atomic E-state index is 0.471. The number of hydrogen-bond donors (Lipinski definition) is 2. The van der Waals surface area contributed by atoms with Gasteiger partial charge in [0.2, 0.25) is 5.56 Å². The van der Waals surface area contributed by atoms with Crippen LogP contribution in [0.5, 0.6) is 0 Å². The van der Waals surface area contributed by atoms with Crippen molar-refractivity contribution in [3.63, 3.8) is 0 Å². The summed E-state index contributed by atoms with van der Waals surface area (Å²) in [5, 5.41) is 8.49. The molecule has 0 bridgehead atoms. The van der Waals surface area contributed by atoms with Gasteiger partial charge in [-0.2, -0.15) is 0 Å². The zero-order valence-corrected chi connectivity index (χ0v) is 6.35. The molecule has 0 radical (unpaired) electrons. The van der Waals surface area contributed by atoms with Gasteiger partial charge in [-0.25, -0.2) is 13.2 Å². The summed E-state index contributed by atoms with van der Waals surface area (Å²) >= 11 is 0. The van der Waals surface area contributed by atoms with Gasteiger partial charge in [0.05, 0.1) is 17.9 Å². The lowest BCUT2D eigenvalue weighted by atomic mass is 10.2. The molecule has 13 heavy (non-hydrogen) atoms. The van der Waals surface area contributed by atoms with Gasteiger partial charge < -0.3 is 10.1 Å². The fraction of sp³-hybridized carbons (Fsp3) is 0.286. The van der Waals surface area contributed by atoms with E-state index in [2.05, 4.69) is 0 Å². The van der Waals surface area contributed by atoms with Crippen molar-refractivity contribution in [2.45, 2.75) is 13.0 Å². The van der Waals surface area contributed by atoms with Crippen LogP contribution >= 0.6 is 0 Å². The van der Waals surface area contributed by atoms with Crippen LogP contribution in [0.2, 0.25) is 0 Å². The first kappa shape index (κ1) is 9.79. The van der Waals surface area contributed by atoms with E-state index in [4.69, 9.17) is 5.11 Å². The van der Waals surface area contributed by atoms with Crippen molar-refractivity contribution < 1.29 is 18.3 Å². The van der Waals surface area contributed by atoms with Gasteiger partial charge in [0.25, 0.3) is 6.43 Å². The number of alkyl halides is 2. The molecule has 0 amide bonds. The lowest BCUT2D eigenvalue weighted by Crippen LogP contribution is -2.13. The molecule has 0 saturated carbocycles. The third-order valence-electron chi connectivity index (χ3n) is 1.47. The highest BCUT2D eigenvalue weighted by Crippen LogP contribution is 2.21. The summed E-state index contributed by atoms with van der Waals surface area (Å²) in [5.74, 6) is -1.27. The zero-order valence-electron chi connectivity index (χ0n) is 6.35.